The van der Waals surface area contributed by atoms with E-state index in [2.05, 4.69) is 5.32 Å². The third kappa shape index (κ3) is 5.01. The molecule has 3 rings (SSSR count). The summed E-state index contributed by atoms with van der Waals surface area (Å²) in [7, 11) is 0. The number of anilines is 1. The summed E-state index contributed by atoms with van der Waals surface area (Å²) in [6.07, 6.45) is -0.740. The summed E-state index contributed by atoms with van der Waals surface area (Å²) in [4.78, 5) is 35.3. The molecular weight excluding hydrogens is 408 g/mol. The van der Waals surface area contributed by atoms with Gasteiger partial charge in [0.1, 0.15) is 11.3 Å². The summed E-state index contributed by atoms with van der Waals surface area (Å²) in [6.45, 7) is 1.63. The van der Waals surface area contributed by atoms with Crippen molar-refractivity contribution in [2.75, 3.05) is 5.32 Å². The van der Waals surface area contributed by atoms with Crippen molar-refractivity contribution >= 4 is 34.7 Å². The van der Waals surface area contributed by atoms with Crippen LogP contribution in [0.15, 0.2) is 72.8 Å². The molecule has 0 spiro atoms. The summed E-state index contributed by atoms with van der Waals surface area (Å²) in [6, 6.07) is 18.7. The van der Waals surface area contributed by atoms with Crippen LogP contribution in [0.4, 0.5) is 11.4 Å². The van der Waals surface area contributed by atoms with Gasteiger partial charge in [0, 0.05) is 22.3 Å². The van der Waals surface area contributed by atoms with Crippen molar-refractivity contribution in [2.24, 2.45) is 0 Å². The summed E-state index contributed by atoms with van der Waals surface area (Å²) in [5, 5.41) is 14.1. The lowest BCUT2D eigenvalue weighted by molar-refractivity contribution is -0.385. The number of nitrogens with one attached hydrogen (secondary N) is 1. The molecule has 0 radical (unpaired) electrons. The Balaban J connectivity index is 1.66. The van der Waals surface area contributed by atoms with Crippen LogP contribution in [0.1, 0.15) is 27.6 Å². The largest absolute Gasteiger partial charge is 0.483 e. The van der Waals surface area contributed by atoms with E-state index in [1.807, 2.05) is 0 Å². The number of benzene rings is 3. The summed E-state index contributed by atoms with van der Waals surface area (Å²) in [5.74, 6) is -0.381. The second kappa shape index (κ2) is 9.19. The van der Waals surface area contributed by atoms with E-state index < -0.39 is 16.9 Å². The third-order valence-electron chi connectivity index (χ3n) is 4.25. The van der Waals surface area contributed by atoms with E-state index in [0.717, 1.165) is 0 Å². The van der Waals surface area contributed by atoms with E-state index in [1.54, 1.807) is 61.5 Å². The van der Waals surface area contributed by atoms with Gasteiger partial charge in [0.05, 0.1) is 4.92 Å². The Labute approximate surface area is 177 Å². The number of Topliss-reactive ketones (excluding diaryl/α,β-unsaturated/α-hetero) is 1. The van der Waals surface area contributed by atoms with Gasteiger partial charge in [-0.1, -0.05) is 35.9 Å². The fraction of sp³-hybridized carbons (Fsp3) is 0.0909. The quantitative estimate of drug-likeness (QED) is 0.321. The van der Waals surface area contributed by atoms with Gasteiger partial charge >= 0.3 is 0 Å². The minimum absolute atomic E-state index is 0.0384. The van der Waals surface area contributed by atoms with Crippen LogP contribution in [0, 0.1) is 10.1 Å². The van der Waals surface area contributed by atoms with Gasteiger partial charge in [-0.15, -0.1) is 0 Å². The van der Waals surface area contributed by atoms with Crippen LogP contribution in [-0.2, 0) is 0 Å². The van der Waals surface area contributed by atoms with E-state index in [4.69, 9.17) is 16.3 Å². The summed E-state index contributed by atoms with van der Waals surface area (Å²) in [5.41, 5.74) is 0.564. The molecule has 152 valence electrons. The zero-order valence-electron chi connectivity index (χ0n) is 15.9. The number of ether oxygens (including phenoxy) is 1. The van der Waals surface area contributed by atoms with Crippen LogP contribution < -0.4 is 10.1 Å². The molecule has 3 aromatic carbocycles. The second-order valence-corrected chi connectivity index (χ2v) is 6.82. The van der Waals surface area contributed by atoms with Crippen molar-refractivity contribution in [3.63, 3.8) is 0 Å². The van der Waals surface area contributed by atoms with E-state index in [1.165, 1.54) is 18.2 Å². The van der Waals surface area contributed by atoms with Gasteiger partial charge in [0.15, 0.2) is 6.10 Å². The van der Waals surface area contributed by atoms with Gasteiger partial charge in [0.2, 0.25) is 5.78 Å². The zero-order chi connectivity index (χ0) is 21.7. The lowest BCUT2D eigenvalue weighted by Crippen LogP contribution is -2.23. The number of amides is 1. The number of carbonyl (C=O) groups is 2. The Kier molecular flexibility index (Phi) is 6.44. The number of ketones is 1. The molecule has 7 nitrogen and oxygen atoms in total. The molecule has 0 aliphatic rings. The fourth-order valence-corrected chi connectivity index (χ4v) is 2.96. The van der Waals surface area contributed by atoms with Crippen LogP contribution in [0.25, 0.3) is 0 Å². The molecule has 30 heavy (non-hydrogen) atoms. The molecule has 3 aromatic rings. The van der Waals surface area contributed by atoms with Gasteiger partial charge in [0.25, 0.3) is 11.6 Å². The first-order chi connectivity index (χ1) is 14.3. The second-order valence-electron chi connectivity index (χ2n) is 6.39. The Bertz CT molecular complexity index is 1100. The molecule has 0 aliphatic heterocycles. The van der Waals surface area contributed by atoms with Crippen LogP contribution in [0.5, 0.6) is 5.75 Å². The van der Waals surface area contributed by atoms with E-state index >= 15 is 0 Å². The number of nitro groups is 1. The van der Waals surface area contributed by atoms with Gasteiger partial charge in [-0.05, 0) is 49.4 Å². The molecule has 0 bridgehead atoms. The number of hydrogen-bond acceptors (Lipinski definition) is 5. The monoisotopic (exact) mass is 424 g/mol. The first-order valence-electron chi connectivity index (χ1n) is 8.96. The minimum Gasteiger partial charge on any atom is -0.483 e. The Hall–Kier alpha value is -3.71. The maximum absolute atomic E-state index is 12.5. The lowest BCUT2D eigenvalue weighted by Gasteiger charge is -2.14. The lowest BCUT2D eigenvalue weighted by atomic mass is 10.1. The predicted molar refractivity (Wildman–Crippen MR) is 113 cm³/mol. The SMILES string of the molecule is CC(Oc1ccc(NC(=O)c2ccccc2[N+](=O)[O-])cc1)C(=O)c1cccc(Cl)c1. The molecule has 1 N–H and O–H groups in total. The number of nitro benzene ring substituents is 1. The van der Waals surface area contributed by atoms with Gasteiger partial charge in [-0.25, -0.2) is 0 Å². The topological polar surface area (TPSA) is 98.5 Å². The molecule has 0 heterocycles. The molecule has 0 saturated heterocycles. The molecule has 0 fully saturated rings. The van der Waals surface area contributed by atoms with Crippen LogP contribution in [-0.4, -0.2) is 22.7 Å². The molecule has 0 saturated carbocycles. The highest BCUT2D eigenvalue weighted by Crippen LogP contribution is 2.22. The van der Waals surface area contributed by atoms with Crippen molar-refractivity contribution in [3.05, 3.63) is 99.1 Å². The van der Waals surface area contributed by atoms with Gasteiger partial charge < -0.3 is 10.1 Å². The highest BCUT2D eigenvalue weighted by Gasteiger charge is 2.20. The molecule has 8 heteroatoms. The average molecular weight is 425 g/mol. The number of rotatable bonds is 7. The minimum atomic E-state index is -0.740. The first-order valence-corrected chi connectivity index (χ1v) is 9.34. The maximum Gasteiger partial charge on any atom is 0.282 e. The maximum atomic E-state index is 12.5. The van der Waals surface area contributed by atoms with Crippen molar-refractivity contribution in [1.82, 2.24) is 0 Å². The van der Waals surface area contributed by atoms with Crippen molar-refractivity contribution < 1.29 is 19.2 Å². The molecule has 0 aliphatic carbocycles. The Morgan fingerprint density at radius 2 is 1.73 bits per heavy atom. The smallest absolute Gasteiger partial charge is 0.282 e. The van der Waals surface area contributed by atoms with Crippen LogP contribution in [0.2, 0.25) is 5.02 Å². The van der Waals surface area contributed by atoms with Gasteiger partial charge in [-0.3, -0.25) is 19.7 Å². The Morgan fingerprint density at radius 3 is 2.40 bits per heavy atom. The van der Waals surface area contributed by atoms with E-state index in [0.29, 0.717) is 22.0 Å². The van der Waals surface area contributed by atoms with Gasteiger partial charge in [-0.2, -0.15) is 0 Å². The zero-order valence-corrected chi connectivity index (χ0v) is 16.6. The highest BCUT2D eigenvalue weighted by atomic mass is 35.5. The van der Waals surface area contributed by atoms with Crippen molar-refractivity contribution in [2.45, 2.75) is 13.0 Å². The number of nitrogens with zero attached hydrogens (tertiary/aromatic N) is 1. The summed E-state index contributed by atoms with van der Waals surface area (Å²) < 4.78 is 5.67. The molecule has 1 amide bonds. The number of hydrogen-bond donors (Lipinski definition) is 1. The van der Waals surface area contributed by atoms with Crippen molar-refractivity contribution in [3.8, 4) is 5.75 Å². The third-order valence-corrected chi connectivity index (χ3v) is 4.48. The molecule has 0 aromatic heterocycles. The normalized spacial score (nSPS) is 11.4. The first kappa shape index (κ1) is 21.0. The molecule has 1 atom stereocenters. The number of para-hydroxylation sites is 1. The summed E-state index contributed by atoms with van der Waals surface area (Å²) >= 11 is 5.92. The fourth-order valence-electron chi connectivity index (χ4n) is 2.77. The van der Waals surface area contributed by atoms with Crippen molar-refractivity contribution in [1.29, 1.82) is 0 Å². The Morgan fingerprint density at radius 1 is 1.03 bits per heavy atom. The molecular formula is C22H17ClN2O5. The highest BCUT2D eigenvalue weighted by molar-refractivity contribution is 6.31. The standard InChI is InChI=1S/C22H17ClN2O5/c1-14(21(26)15-5-4-6-16(23)13-15)30-18-11-9-17(10-12-18)24-22(27)19-7-2-3-8-20(19)25(28)29/h2-14H,1H3,(H,24,27). The average Bonchev–Trinajstić information content (AvgIpc) is 2.74. The van der Waals surface area contributed by atoms with Crippen LogP contribution in [0.3, 0.4) is 0 Å². The predicted octanol–water partition coefficient (Wildman–Crippen LogP) is 5.15. The number of halogens is 1. The molecule has 1 unspecified atom stereocenters. The number of carbonyl (C=O) groups excluding carboxylic acids is 2. The van der Waals surface area contributed by atoms with E-state index in [-0.39, 0.29) is 17.0 Å². The van der Waals surface area contributed by atoms with Crippen LogP contribution >= 0.6 is 11.6 Å². The van der Waals surface area contributed by atoms with E-state index in [9.17, 15) is 19.7 Å².